The average molecular weight is 273 g/mol. The van der Waals surface area contributed by atoms with E-state index in [2.05, 4.69) is 29.4 Å². The van der Waals surface area contributed by atoms with Crippen molar-refractivity contribution >= 4 is 16.9 Å². The lowest BCUT2D eigenvalue weighted by atomic mass is 10.0. The van der Waals surface area contributed by atoms with Crippen molar-refractivity contribution in [2.45, 2.75) is 19.1 Å². The second kappa shape index (κ2) is 4.61. The summed E-state index contributed by atoms with van der Waals surface area (Å²) in [5, 5.41) is 13.3. The first-order valence-electron chi connectivity index (χ1n) is 6.70. The van der Waals surface area contributed by atoms with Gasteiger partial charge in [-0.3, -0.25) is 9.69 Å². The first-order valence-corrected chi connectivity index (χ1v) is 6.70. The maximum absolute atomic E-state index is 11.4. The van der Waals surface area contributed by atoms with Gasteiger partial charge in [-0.1, -0.05) is 0 Å². The van der Waals surface area contributed by atoms with Gasteiger partial charge in [0.05, 0.1) is 0 Å². The van der Waals surface area contributed by atoms with Crippen molar-refractivity contribution in [1.29, 1.82) is 0 Å². The highest BCUT2D eigenvalue weighted by Gasteiger charge is 2.24. The Kier molecular flexibility index (Phi) is 3.03. The molecule has 0 amide bonds. The molecule has 0 spiro atoms. The van der Waals surface area contributed by atoms with Crippen LogP contribution in [0.2, 0.25) is 0 Å². The molecular formula is C15H19N3O2. The summed E-state index contributed by atoms with van der Waals surface area (Å²) in [6, 6.07) is 3.67. The summed E-state index contributed by atoms with van der Waals surface area (Å²) < 4.78 is 2.01. The number of carboxylic acids is 1. The van der Waals surface area contributed by atoms with Crippen molar-refractivity contribution in [1.82, 2.24) is 14.8 Å². The van der Waals surface area contributed by atoms with Gasteiger partial charge in [0.2, 0.25) is 0 Å². The Balaban J connectivity index is 2.20. The molecule has 3 rings (SSSR count). The maximum atomic E-state index is 11.4. The van der Waals surface area contributed by atoms with E-state index in [0.29, 0.717) is 0 Å². The molecule has 0 bridgehead atoms. The Bertz CT molecular complexity index is 690. The van der Waals surface area contributed by atoms with Gasteiger partial charge in [0.25, 0.3) is 0 Å². The summed E-state index contributed by atoms with van der Waals surface area (Å²) in [4.78, 5) is 13.6. The summed E-state index contributed by atoms with van der Waals surface area (Å²) in [6.45, 7) is 1.89. The Labute approximate surface area is 117 Å². The molecule has 1 unspecified atom stereocenters. The number of benzene rings is 1. The molecule has 5 nitrogen and oxygen atoms in total. The lowest BCUT2D eigenvalue weighted by Crippen LogP contribution is -2.24. The molecule has 1 aromatic heterocycles. The number of fused-ring (bicyclic) bond motifs is 2. The molecule has 20 heavy (non-hydrogen) atoms. The summed E-state index contributed by atoms with van der Waals surface area (Å²) in [5.74, 6) is -0.849. The number of likely N-dealkylation sites (N-methyl/N-ethyl adjacent to an activating group) is 1. The van der Waals surface area contributed by atoms with Crippen LogP contribution in [-0.2, 0) is 24.9 Å². The minimum Gasteiger partial charge on any atom is -0.480 e. The number of hydrogen-bond donors (Lipinski definition) is 2. The second-order valence-corrected chi connectivity index (χ2v) is 5.57. The molecule has 0 radical (unpaired) electrons. The molecule has 106 valence electrons. The van der Waals surface area contributed by atoms with Gasteiger partial charge in [-0.25, -0.2) is 0 Å². The Morgan fingerprint density at radius 3 is 2.55 bits per heavy atom. The van der Waals surface area contributed by atoms with Crippen molar-refractivity contribution in [3.63, 3.8) is 0 Å². The van der Waals surface area contributed by atoms with Gasteiger partial charge in [0.1, 0.15) is 6.04 Å². The third-order valence-electron chi connectivity index (χ3n) is 4.07. The number of nitrogens with one attached hydrogen (secondary N) is 1. The fourth-order valence-corrected chi connectivity index (χ4v) is 3.12. The molecule has 1 aliphatic heterocycles. The molecule has 0 saturated heterocycles. The predicted molar refractivity (Wildman–Crippen MR) is 77.5 cm³/mol. The molecule has 2 aromatic rings. The van der Waals surface area contributed by atoms with Crippen LogP contribution in [0.1, 0.15) is 22.7 Å². The first-order chi connectivity index (χ1) is 9.51. The minimum absolute atomic E-state index is 0.670. The quantitative estimate of drug-likeness (QED) is 0.889. The van der Waals surface area contributed by atoms with Crippen molar-refractivity contribution in [3.05, 3.63) is 35.0 Å². The monoisotopic (exact) mass is 273 g/mol. The molecule has 1 aliphatic rings. The van der Waals surface area contributed by atoms with Crippen LogP contribution in [0.25, 0.3) is 10.9 Å². The third kappa shape index (κ3) is 1.90. The number of nitrogens with zero attached hydrogens (tertiary/aromatic N) is 2. The number of carbonyl (C=O) groups is 1. The minimum atomic E-state index is -0.849. The summed E-state index contributed by atoms with van der Waals surface area (Å²) in [7, 11) is 5.74. The van der Waals surface area contributed by atoms with Gasteiger partial charge >= 0.3 is 5.97 Å². The van der Waals surface area contributed by atoms with Crippen LogP contribution in [0.15, 0.2) is 18.3 Å². The highest BCUT2D eigenvalue weighted by Crippen LogP contribution is 2.32. The van der Waals surface area contributed by atoms with E-state index in [9.17, 15) is 9.90 Å². The molecule has 0 saturated carbocycles. The number of carboxylic acid groups (broad SMARTS) is 1. The van der Waals surface area contributed by atoms with Crippen molar-refractivity contribution in [3.8, 4) is 0 Å². The first kappa shape index (κ1) is 13.1. The molecule has 2 heterocycles. The molecule has 0 fully saturated rings. The largest absolute Gasteiger partial charge is 0.480 e. The van der Waals surface area contributed by atoms with E-state index in [1.807, 2.05) is 17.8 Å². The highest BCUT2D eigenvalue weighted by atomic mass is 16.4. The van der Waals surface area contributed by atoms with Crippen LogP contribution in [-0.4, -0.2) is 34.6 Å². The van der Waals surface area contributed by atoms with Crippen LogP contribution >= 0.6 is 0 Å². The zero-order valence-corrected chi connectivity index (χ0v) is 12.0. The summed E-state index contributed by atoms with van der Waals surface area (Å²) >= 11 is 0. The van der Waals surface area contributed by atoms with E-state index in [4.69, 9.17) is 0 Å². The topological polar surface area (TPSA) is 57.5 Å². The van der Waals surface area contributed by atoms with E-state index < -0.39 is 12.0 Å². The molecule has 2 N–H and O–H groups in total. The van der Waals surface area contributed by atoms with E-state index in [-0.39, 0.29) is 0 Å². The number of hydrogen-bond acceptors (Lipinski definition) is 3. The smallest absolute Gasteiger partial charge is 0.325 e. The molecule has 1 aromatic carbocycles. The van der Waals surface area contributed by atoms with Gasteiger partial charge in [0.15, 0.2) is 0 Å². The SMILES string of the molecule is CNC(C(=O)O)c1cn(C)c2cc3c(cc12)CN(C)C3. The van der Waals surface area contributed by atoms with Gasteiger partial charge in [0, 0.05) is 42.8 Å². The fourth-order valence-electron chi connectivity index (χ4n) is 3.12. The van der Waals surface area contributed by atoms with E-state index in [1.54, 1.807) is 7.05 Å². The molecule has 0 aliphatic carbocycles. The lowest BCUT2D eigenvalue weighted by Gasteiger charge is -2.10. The Morgan fingerprint density at radius 2 is 1.95 bits per heavy atom. The molecular weight excluding hydrogens is 254 g/mol. The molecule has 1 atom stereocenters. The average Bonchev–Trinajstić information content (AvgIpc) is 2.88. The number of aliphatic carboxylic acids is 1. The zero-order valence-electron chi connectivity index (χ0n) is 12.0. The van der Waals surface area contributed by atoms with E-state index in [0.717, 1.165) is 29.6 Å². The predicted octanol–water partition coefficient (Wildman–Crippen LogP) is 1.47. The highest BCUT2D eigenvalue weighted by molar-refractivity contribution is 5.90. The lowest BCUT2D eigenvalue weighted by molar-refractivity contribution is -0.139. The zero-order chi connectivity index (χ0) is 14.4. The number of aromatic nitrogens is 1. The Hall–Kier alpha value is -1.85. The van der Waals surface area contributed by atoms with Gasteiger partial charge < -0.3 is 15.0 Å². The van der Waals surface area contributed by atoms with Crippen molar-refractivity contribution < 1.29 is 9.90 Å². The van der Waals surface area contributed by atoms with Crippen LogP contribution in [0.4, 0.5) is 0 Å². The van der Waals surface area contributed by atoms with Crippen molar-refractivity contribution in [2.24, 2.45) is 7.05 Å². The van der Waals surface area contributed by atoms with Gasteiger partial charge in [-0.2, -0.15) is 0 Å². The number of rotatable bonds is 3. The van der Waals surface area contributed by atoms with Gasteiger partial charge in [-0.15, -0.1) is 0 Å². The normalized spacial score (nSPS) is 16.6. The fraction of sp³-hybridized carbons (Fsp3) is 0.400. The summed E-state index contributed by atoms with van der Waals surface area (Å²) in [6.07, 6.45) is 1.92. The second-order valence-electron chi connectivity index (χ2n) is 5.57. The van der Waals surface area contributed by atoms with Crippen LogP contribution in [0, 0.1) is 0 Å². The Morgan fingerprint density at radius 1 is 1.30 bits per heavy atom. The maximum Gasteiger partial charge on any atom is 0.325 e. The van der Waals surface area contributed by atoms with Gasteiger partial charge in [-0.05, 0) is 37.4 Å². The van der Waals surface area contributed by atoms with E-state index in [1.165, 1.54) is 11.1 Å². The number of aryl methyl sites for hydroxylation is 1. The summed E-state index contributed by atoms with van der Waals surface area (Å²) in [5.41, 5.74) is 4.56. The van der Waals surface area contributed by atoms with Crippen molar-refractivity contribution in [2.75, 3.05) is 14.1 Å². The van der Waals surface area contributed by atoms with Crippen LogP contribution < -0.4 is 5.32 Å². The van der Waals surface area contributed by atoms with E-state index >= 15 is 0 Å². The third-order valence-corrected chi connectivity index (χ3v) is 4.07. The molecule has 5 heteroatoms. The van der Waals surface area contributed by atoms with Crippen LogP contribution in [0.3, 0.4) is 0 Å². The standard InChI is InChI=1S/C15H19N3O2/c1-16-14(15(19)20)12-8-18(3)13-5-10-7-17(2)6-9(10)4-11(12)13/h4-5,8,14,16H,6-7H2,1-3H3,(H,19,20). The van der Waals surface area contributed by atoms with Crippen LogP contribution in [0.5, 0.6) is 0 Å².